The lowest BCUT2D eigenvalue weighted by molar-refractivity contribution is 0.414. The first-order valence-corrected chi connectivity index (χ1v) is 11.7. The van der Waals surface area contributed by atoms with Gasteiger partial charge in [-0.1, -0.05) is 62.9 Å². The molecule has 0 unspecified atom stereocenters. The van der Waals surface area contributed by atoms with Crippen molar-refractivity contribution in [2.75, 3.05) is 7.11 Å². The average molecular weight is 462 g/mol. The molecule has 7 heteroatoms. The number of rotatable bonds is 7. The van der Waals surface area contributed by atoms with Crippen molar-refractivity contribution in [3.05, 3.63) is 82.7 Å². The standard InChI is InChI=1S/C26H27N3O3S/c1-6-13-29-24(17-7-9-19(10-8-17)26(2,3)4)27-28-25(29)33-16-18-14-23(30)32-22-15-20(31-5)11-12-21(18)22/h6-12,14-15H,1,13,16H2,2-5H3. The van der Waals surface area contributed by atoms with Crippen LogP contribution in [0.3, 0.4) is 0 Å². The van der Waals surface area contributed by atoms with Crippen LogP contribution in [-0.2, 0) is 17.7 Å². The first-order valence-electron chi connectivity index (χ1n) is 10.7. The number of hydrogen-bond donors (Lipinski definition) is 0. The Balaban J connectivity index is 1.64. The summed E-state index contributed by atoms with van der Waals surface area (Å²) in [4.78, 5) is 12.1. The fraction of sp³-hybridized carbons (Fsp3) is 0.269. The van der Waals surface area contributed by atoms with Crippen LogP contribution in [0.4, 0.5) is 0 Å². The van der Waals surface area contributed by atoms with Crippen molar-refractivity contribution < 1.29 is 9.15 Å². The van der Waals surface area contributed by atoms with E-state index in [1.807, 2.05) is 22.8 Å². The molecule has 33 heavy (non-hydrogen) atoms. The van der Waals surface area contributed by atoms with Crippen molar-refractivity contribution in [2.24, 2.45) is 0 Å². The van der Waals surface area contributed by atoms with Crippen molar-refractivity contribution in [3.63, 3.8) is 0 Å². The summed E-state index contributed by atoms with van der Waals surface area (Å²) in [5, 5.41) is 10.5. The predicted molar refractivity (Wildman–Crippen MR) is 133 cm³/mol. The zero-order valence-corrected chi connectivity index (χ0v) is 20.1. The second-order valence-corrected chi connectivity index (χ2v) is 9.72. The first kappa shape index (κ1) is 22.9. The zero-order valence-electron chi connectivity index (χ0n) is 19.3. The van der Waals surface area contributed by atoms with Crippen LogP contribution in [0.15, 0.2) is 75.6 Å². The summed E-state index contributed by atoms with van der Waals surface area (Å²) in [6.45, 7) is 11.1. The molecule has 0 aliphatic carbocycles. The van der Waals surface area contributed by atoms with Crippen molar-refractivity contribution >= 4 is 22.7 Å². The lowest BCUT2D eigenvalue weighted by atomic mass is 9.87. The quantitative estimate of drug-likeness (QED) is 0.196. The molecule has 6 nitrogen and oxygen atoms in total. The minimum absolute atomic E-state index is 0.0868. The molecule has 0 bridgehead atoms. The molecule has 170 valence electrons. The molecule has 4 aromatic rings. The van der Waals surface area contributed by atoms with E-state index in [0.29, 0.717) is 23.6 Å². The van der Waals surface area contributed by atoms with Crippen LogP contribution >= 0.6 is 11.8 Å². The molecule has 0 saturated heterocycles. The van der Waals surface area contributed by atoms with Crippen LogP contribution in [0.5, 0.6) is 5.75 Å². The first-order chi connectivity index (χ1) is 15.8. The summed E-state index contributed by atoms with van der Waals surface area (Å²) in [6, 6.07) is 15.5. The van der Waals surface area contributed by atoms with E-state index in [9.17, 15) is 4.79 Å². The molecule has 0 aliphatic heterocycles. The number of allylic oxidation sites excluding steroid dienone is 1. The number of nitrogens with zero attached hydrogens (tertiary/aromatic N) is 3. The molecule has 0 radical (unpaired) electrons. The van der Waals surface area contributed by atoms with Gasteiger partial charge >= 0.3 is 5.63 Å². The molecule has 0 amide bonds. The minimum atomic E-state index is -0.390. The fourth-order valence-corrected chi connectivity index (χ4v) is 4.56. The third kappa shape index (κ3) is 4.88. The smallest absolute Gasteiger partial charge is 0.336 e. The third-order valence-corrected chi connectivity index (χ3v) is 6.45. The van der Waals surface area contributed by atoms with E-state index < -0.39 is 5.63 Å². The highest BCUT2D eigenvalue weighted by Gasteiger charge is 2.17. The lowest BCUT2D eigenvalue weighted by Gasteiger charge is -2.19. The van der Waals surface area contributed by atoms with Crippen molar-refractivity contribution in [1.29, 1.82) is 0 Å². The maximum atomic E-state index is 12.1. The summed E-state index contributed by atoms with van der Waals surface area (Å²) in [7, 11) is 1.58. The molecule has 0 atom stereocenters. The van der Waals surface area contributed by atoms with E-state index >= 15 is 0 Å². The van der Waals surface area contributed by atoms with Gasteiger partial charge < -0.3 is 9.15 Å². The largest absolute Gasteiger partial charge is 0.497 e. The summed E-state index contributed by atoms with van der Waals surface area (Å²) < 4.78 is 12.7. The number of methoxy groups -OCH3 is 1. The molecule has 0 aliphatic rings. The van der Waals surface area contributed by atoms with Crippen LogP contribution in [0.25, 0.3) is 22.4 Å². The second kappa shape index (κ2) is 9.27. The highest BCUT2D eigenvalue weighted by Crippen LogP contribution is 2.31. The van der Waals surface area contributed by atoms with Crippen LogP contribution in [-0.4, -0.2) is 21.9 Å². The monoisotopic (exact) mass is 461 g/mol. The van der Waals surface area contributed by atoms with Crippen LogP contribution in [0, 0.1) is 0 Å². The SMILES string of the molecule is C=CCn1c(SCc2cc(=O)oc3cc(OC)ccc23)nnc1-c1ccc(C(C)(C)C)cc1. The molecule has 4 rings (SSSR count). The van der Waals surface area contributed by atoms with Gasteiger partial charge in [0.1, 0.15) is 11.3 Å². The van der Waals surface area contributed by atoms with Crippen molar-refractivity contribution in [2.45, 2.75) is 43.6 Å². The van der Waals surface area contributed by atoms with E-state index in [1.54, 1.807) is 13.2 Å². The van der Waals surface area contributed by atoms with Crippen molar-refractivity contribution in [1.82, 2.24) is 14.8 Å². The van der Waals surface area contributed by atoms with Crippen LogP contribution in [0.1, 0.15) is 31.9 Å². The van der Waals surface area contributed by atoms with Gasteiger partial charge in [-0.15, -0.1) is 16.8 Å². The van der Waals surface area contributed by atoms with E-state index in [2.05, 4.69) is 61.8 Å². The molecular weight excluding hydrogens is 434 g/mol. The molecule has 0 saturated carbocycles. The van der Waals surface area contributed by atoms with Gasteiger partial charge in [0.15, 0.2) is 11.0 Å². The Bertz CT molecular complexity index is 1350. The van der Waals surface area contributed by atoms with Crippen molar-refractivity contribution in [3.8, 4) is 17.1 Å². The fourth-order valence-electron chi connectivity index (χ4n) is 3.62. The Morgan fingerprint density at radius 2 is 1.88 bits per heavy atom. The molecule has 2 aromatic heterocycles. The summed E-state index contributed by atoms with van der Waals surface area (Å²) in [5.74, 6) is 1.98. The Kier molecular flexibility index (Phi) is 6.42. The molecule has 2 aromatic carbocycles. The highest BCUT2D eigenvalue weighted by atomic mass is 32.2. The van der Waals surface area contributed by atoms with E-state index in [1.165, 1.54) is 23.4 Å². The molecule has 0 N–H and O–H groups in total. The average Bonchev–Trinajstić information content (AvgIpc) is 3.19. The highest BCUT2D eigenvalue weighted by molar-refractivity contribution is 7.98. The molecule has 2 heterocycles. The van der Waals surface area contributed by atoms with Crippen LogP contribution in [0.2, 0.25) is 0 Å². The van der Waals surface area contributed by atoms with Gasteiger partial charge in [-0.25, -0.2) is 4.79 Å². The Morgan fingerprint density at radius 3 is 2.55 bits per heavy atom. The Labute approximate surface area is 197 Å². The maximum absolute atomic E-state index is 12.1. The summed E-state index contributed by atoms with van der Waals surface area (Å²) in [6.07, 6.45) is 1.83. The number of hydrogen-bond acceptors (Lipinski definition) is 6. The normalized spacial score (nSPS) is 11.6. The Hall–Kier alpha value is -3.32. The van der Waals surface area contributed by atoms with E-state index in [0.717, 1.165) is 27.5 Å². The van der Waals surface area contributed by atoms with E-state index in [-0.39, 0.29) is 5.41 Å². The summed E-state index contributed by atoms with van der Waals surface area (Å²) in [5.41, 5.74) is 3.34. The zero-order chi connectivity index (χ0) is 23.6. The molecular formula is C26H27N3O3S. The predicted octanol–water partition coefficient (Wildman–Crippen LogP) is 5.84. The molecule has 0 fully saturated rings. The topological polar surface area (TPSA) is 70.2 Å². The molecule has 0 spiro atoms. The van der Waals surface area contributed by atoms with Gasteiger partial charge in [0.2, 0.25) is 0 Å². The maximum Gasteiger partial charge on any atom is 0.336 e. The number of thioether (sulfide) groups is 1. The summed E-state index contributed by atoms with van der Waals surface area (Å²) >= 11 is 1.53. The van der Waals surface area contributed by atoms with Gasteiger partial charge in [-0.05, 0) is 28.7 Å². The number of benzene rings is 2. The van der Waals surface area contributed by atoms with Gasteiger partial charge in [-0.2, -0.15) is 0 Å². The minimum Gasteiger partial charge on any atom is -0.497 e. The second-order valence-electron chi connectivity index (χ2n) is 8.77. The lowest BCUT2D eigenvalue weighted by Crippen LogP contribution is -2.10. The number of ether oxygens (including phenoxy) is 1. The Morgan fingerprint density at radius 1 is 1.12 bits per heavy atom. The number of aromatic nitrogens is 3. The van der Waals surface area contributed by atoms with Crippen LogP contribution < -0.4 is 10.4 Å². The van der Waals surface area contributed by atoms with Gasteiger partial charge in [-0.3, -0.25) is 4.57 Å². The van der Waals surface area contributed by atoms with Gasteiger partial charge in [0.25, 0.3) is 0 Å². The van der Waals surface area contributed by atoms with E-state index in [4.69, 9.17) is 9.15 Å². The van der Waals surface area contributed by atoms with Gasteiger partial charge in [0, 0.05) is 35.4 Å². The number of fused-ring (bicyclic) bond motifs is 1. The third-order valence-electron chi connectivity index (χ3n) is 5.43. The van der Waals surface area contributed by atoms with Gasteiger partial charge in [0.05, 0.1) is 7.11 Å².